The first kappa shape index (κ1) is 17.2. The molecule has 0 saturated heterocycles. The summed E-state index contributed by atoms with van der Waals surface area (Å²) in [6.07, 6.45) is 1.56. The summed E-state index contributed by atoms with van der Waals surface area (Å²) in [7, 11) is 3.15. The molecule has 0 atom stereocenters. The molecule has 0 aliphatic carbocycles. The number of imidazole rings is 1. The van der Waals surface area contributed by atoms with Crippen molar-refractivity contribution in [2.75, 3.05) is 30.9 Å². The van der Waals surface area contributed by atoms with Gasteiger partial charge in [-0.25, -0.2) is 0 Å². The average Bonchev–Trinajstić information content (AvgIpc) is 3.02. The molecule has 26 heavy (non-hydrogen) atoms. The third kappa shape index (κ3) is 3.41. The van der Waals surface area contributed by atoms with Crippen LogP contribution < -0.4 is 15.0 Å². The Labute approximate surface area is 149 Å². The molecule has 0 unspecified atom stereocenters. The van der Waals surface area contributed by atoms with E-state index in [9.17, 15) is 14.9 Å². The van der Waals surface area contributed by atoms with Crippen molar-refractivity contribution in [3.63, 3.8) is 0 Å². The van der Waals surface area contributed by atoms with Crippen LogP contribution in [0.5, 0.6) is 5.75 Å². The predicted molar refractivity (Wildman–Crippen MR) is 96.7 cm³/mol. The fourth-order valence-corrected chi connectivity index (χ4v) is 2.56. The first-order valence-corrected chi connectivity index (χ1v) is 7.76. The second-order valence-electron chi connectivity index (χ2n) is 5.58. The van der Waals surface area contributed by atoms with Crippen LogP contribution in [0.1, 0.15) is 0 Å². The van der Waals surface area contributed by atoms with Gasteiger partial charge in [0.2, 0.25) is 17.4 Å². The number of nitrogens with one attached hydrogen (secondary N) is 1. The maximum atomic E-state index is 12.3. The van der Waals surface area contributed by atoms with Crippen LogP contribution in [0.4, 0.5) is 17.3 Å². The molecule has 1 aromatic carbocycles. The number of nitro groups is 1. The topological polar surface area (TPSA) is 102 Å². The Morgan fingerprint density at radius 3 is 2.69 bits per heavy atom. The van der Waals surface area contributed by atoms with Gasteiger partial charge in [0.05, 0.1) is 19.9 Å². The van der Waals surface area contributed by atoms with Crippen molar-refractivity contribution in [1.29, 1.82) is 0 Å². The molecule has 1 amide bonds. The van der Waals surface area contributed by atoms with E-state index < -0.39 is 4.92 Å². The molecule has 2 heterocycles. The van der Waals surface area contributed by atoms with Crippen molar-refractivity contribution in [2.45, 2.75) is 0 Å². The number of rotatable bonds is 6. The van der Waals surface area contributed by atoms with Gasteiger partial charge in [-0.15, -0.1) is 0 Å². The number of anilines is 2. The Bertz CT molecular complexity index is 951. The van der Waals surface area contributed by atoms with Crippen LogP contribution in [0.25, 0.3) is 5.65 Å². The summed E-state index contributed by atoms with van der Waals surface area (Å²) in [4.78, 5) is 28.9. The molecule has 0 saturated carbocycles. The average molecular weight is 355 g/mol. The molecule has 0 aliphatic rings. The van der Waals surface area contributed by atoms with Gasteiger partial charge in [-0.1, -0.05) is 6.07 Å². The fraction of sp³-hybridized carbons (Fsp3) is 0.176. The minimum atomic E-state index is -0.507. The summed E-state index contributed by atoms with van der Waals surface area (Å²) < 4.78 is 6.45. The molecule has 2 aromatic heterocycles. The zero-order chi connectivity index (χ0) is 18.7. The number of carbonyl (C=O) groups excluding carboxylic acids is 1. The van der Waals surface area contributed by atoms with Crippen molar-refractivity contribution < 1.29 is 14.5 Å². The lowest BCUT2D eigenvalue weighted by Crippen LogP contribution is -2.30. The zero-order valence-corrected chi connectivity index (χ0v) is 14.2. The Kier molecular flexibility index (Phi) is 4.70. The summed E-state index contributed by atoms with van der Waals surface area (Å²) in [6, 6.07) is 12.0. The number of nitrogens with zero attached hydrogens (tertiary/aromatic N) is 4. The van der Waals surface area contributed by atoms with E-state index in [-0.39, 0.29) is 24.1 Å². The van der Waals surface area contributed by atoms with Crippen molar-refractivity contribution in [3.8, 4) is 5.75 Å². The zero-order valence-electron chi connectivity index (χ0n) is 14.2. The van der Waals surface area contributed by atoms with Gasteiger partial charge in [-0.2, -0.15) is 9.38 Å². The SMILES string of the molecule is COc1ccc(NC(=O)CN(C)c2nc3ccccn3c2[N+](=O)[O-])cc1. The van der Waals surface area contributed by atoms with E-state index >= 15 is 0 Å². The number of aromatic nitrogens is 2. The molecule has 3 rings (SSSR count). The Hall–Kier alpha value is -3.62. The van der Waals surface area contributed by atoms with Crippen LogP contribution in [0.15, 0.2) is 48.7 Å². The number of hydrogen-bond acceptors (Lipinski definition) is 6. The van der Waals surface area contributed by atoms with Crippen LogP contribution in [-0.4, -0.2) is 40.9 Å². The number of likely N-dealkylation sites (N-methyl/N-ethyl adjacent to an activating group) is 1. The van der Waals surface area contributed by atoms with Gasteiger partial charge in [-0.05, 0) is 35.3 Å². The normalized spacial score (nSPS) is 10.5. The number of hydrogen-bond donors (Lipinski definition) is 1. The van der Waals surface area contributed by atoms with E-state index in [0.29, 0.717) is 17.1 Å². The van der Waals surface area contributed by atoms with Crippen LogP contribution in [-0.2, 0) is 4.79 Å². The van der Waals surface area contributed by atoms with Crippen LogP contribution in [0.3, 0.4) is 0 Å². The van der Waals surface area contributed by atoms with Crippen LogP contribution in [0, 0.1) is 10.1 Å². The first-order valence-electron chi connectivity index (χ1n) is 7.76. The monoisotopic (exact) mass is 355 g/mol. The highest BCUT2D eigenvalue weighted by atomic mass is 16.6. The lowest BCUT2D eigenvalue weighted by atomic mass is 10.3. The Morgan fingerprint density at radius 1 is 1.31 bits per heavy atom. The Balaban J connectivity index is 1.77. The van der Waals surface area contributed by atoms with E-state index in [1.165, 1.54) is 9.30 Å². The molecule has 0 aliphatic heterocycles. The second-order valence-corrected chi connectivity index (χ2v) is 5.58. The van der Waals surface area contributed by atoms with E-state index in [1.54, 1.807) is 62.8 Å². The maximum absolute atomic E-state index is 12.3. The van der Waals surface area contributed by atoms with E-state index in [1.807, 2.05) is 0 Å². The first-order chi connectivity index (χ1) is 12.5. The lowest BCUT2D eigenvalue weighted by Gasteiger charge is -2.15. The minimum Gasteiger partial charge on any atom is -0.497 e. The van der Waals surface area contributed by atoms with Gasteiger partial charge in [0.15, 0.2) is 0 Å². The minimum absolute atomic E-state index is 0.0866. The summed E-state index contributed by atoms with van der Waals surface area (Å²) in [6.45, 7) is -0.0866. The van der Waals surface area contributed by atoms with E-state index in [0.717, 1.165) is 0 Å². The summed E-state index contributed by atoms with van der Waals surface area (Å²) in [5.41, 5.74) is 1.05. The smallest absolute Gasteiger partial charge is 0.372 e. The molecule has 0 radical (unpaired) electrons. The third-order valence-electron chi connectivity index (χ3n) is 3.78. The van der Waals surface area contributed by atoms with Gasteiger partial charge in [0, 0.05) is 18.8 Å². The fourth-order valence-electron chi connectivity index (χ4n) is 2.56. The third-order valence-corrected chi connectivity index (χ3v) is 3.78. The molecule has 9 heteroatoms. The van der Waals surface area contributed by atoms with Gasteiger partial charge >= 0.3 is 5.82 Å². The molecule has 1 N–H and O–H groups in total. The van der Waals surface area contributed by atoms with Crippen molar-refractivity contribution in [3.05, 3.63) is 58.8 Å². The van der Waals surface area contributed by atoms with Crippen molar-refractivity contribution in [1.82, 2.24) is 9.38 Å². The highest BCUT2D eigenvalue weighted by molar-refractivity contribution is 5.94. The number of ether oxygens (including phenoxy) is 1. The standard InChI is InChI=1S/C17H17N5O4/c1-20(11-15(23)18-12-6-8-13(26-2)9-7-12)16-17(22(24)25)21-10-4-3-5-14(21)19-16/h3-10H,11H2,1-2H3,(H,18,23). The van der Waals surface area contributed by atoms with Crippen LogP contribution in [0.2, 0.25) is 0 Å². The summed E-state index contributed by atoms with van der Waals surface area (Å²) >= 11 is 0. The van der Waals surface area contributed by atoms with E-state index in [2.05, 4.69) is 10.3 Å². The molecular formula is C17H17N5O4. The number of amides is 1. The molecule has 9 nitrogen and oxygen atoms in total. The highest BCUT2D eigenvalue weighted by Gasteiger charge is 2.26. The predicted octanol–water partition coefficient (Wildman–Crippen LogP) is 2.33. The maximum Gasteiger partial charge on any atom is 0.372 e. The molecule has 0 bridgehead atoms. The largest absolute Gasteiger partial charge is 0.497 e. The number of fused-ring (bicyclic) bond motifs is 1. The number of benzene rings is 1. The van der Waals surface area contributed by atoms with Crippen molar-refractivity contribution >= 4 is 28.9 Å². The molecule has 3 aromatic rings. The molecule has 0 spiro atoms. The van der Waals surface area contributed by atoms with Gasteiger partial charge in [-0.3, -0.25) is 4.79 Å². The quantitative estimate of drug-likeness (QED) is 0.538. The number of pyridine rings is 1. The van der Waals surface area contributed by atoms with Gasteiger partial charge in [0.25, 0.3) is 0 Å². The van der Waals surface area contributed by atoms with Gasteiger partial charge < -0.3 is 25.1 Å². The Morgan fingerprint density at radius 2 is 2.04 bits per heavy atom. The number of methoxy groups -OCH3 is 1. The second kappa shape index (κ2) is 7.09. The van der Waals surface area contributed by atoms with Crippen molar-refractivity contribution in [2.24, 2.45) is 0 Å². The highest BCUT2D eigenvalue weighted by Crippen LogP contribution is 2.27. The lowest BCUT2D eigenvalue weighted by molar-refractivity contribution is -0.389. The molecule has 0 fully saturated rings. The van der Waals surface area contributed by atoms with Crippen LogP contribution >= 0.6 is 0 Å². The molecule has 134 valence electrons. The van der Waals surface area contributed by atoms with E-state index in [4.69, 9.17) is 4.74 Å². The summed E-state index contributed by atoms with van der Waals surface area (Å²) in [5, 5.41) is 14.2. The van der Waals surface area contributed by atoms with Gasteiger partial charge in [0.1, 0.15) is 5.75 Å². The number of carbonyl (C=O) groups is 1. The summed E-state index contributed by atoms with van der Waals surface area (Å²) in [5.74, 6) is 0.316. The molecular weight excluding hydrogens is 338 g/mol.